The van der Waals surface area contributed by atoms with Crippen molar-refractivity contribution in [1.82, 2.24) is 0 Å². The molecular weight excluding hydrogens is 1550 g/mol. The molecule has 4 atom stereocenters. The summed E-state index contributed by atoms with van der Waals surface area (Å²) in [5.41, 5.74) is 25.5. The Morgan fingerprint density at radius 1 is 0.330 bits per heavy atom. The predicted octanol–water partition coefficient (Wildman–Crippen LogP) is 26.6. The van der Waals surface area contributed by atoms with E-state index in [2.05, 4.69) is 298 Å². The van der Waals surface area contributed by atoms with Gasteiger partial charge in [-0.1, -0.05) is 310 Å². The molecule has 594 valence electrons. The molecule has 0 bridgehead atoms. The first-order valence-corrected chi connectivity index (χ1v) is 64.3. The molecule has 109 heavy (non-hydrogen) atoms. The topological polar surface area (TPSA) is 36.9 Å². The quantitative estimate of drug-likeness (QED) is 0.0487. The van der Waals surface area contributed by atoms with Gasteiger partial charge in [-0.15, -0.1) is 0 Å². The minimum atomic E-state index is -1.87. The number of benzene rings is 4. The van der Waals surface area contributed by atoms with Gasteiger partial charge in [-0.25, -0.2) is 24.3 Å². The molecule has 0 heterocycles. The Morgan fingerprint density at radius 2 is 0.505 bits per heavy atom. The first-order chi connectivity index (χ1) is 51.1. The van der Waals surface area contributed by atoms with E-state index < -0.39 is 71.7 Å². The van der Waals surface area contributed by atoms with Gasteiger partial charge in [0.1, 0.15) is 23.0 Å². The van der Waals surface area contributed by atoms with Crippen molar-refractivity contribution >= 4 is 88.6 Å². The second kappa shape index (κ2) is 35.4. The molecule has 0 aromatic heterocycles. The summed E-state index contributed by atoms with van der Waals surface area (Å²) < 4.78 is 26.8. The van der Waals surface area contributed by atoms with Crippen molar-refractivity contribution in [3.8, 4) is 23.0 Å². The Morgan fingerprint density at radius 3 is 0.661 bits per heavy atom. The molecule has 0 amide bonds. The van der Waals surface area contributed by atoms with Crippen LogP contribution < -0.4 is 38.5 Å². The molecule has 0 aliphatic heterocycles. The zero-order valence-electron chi connectivity index (χ0n) is 72.6. The SMILES string of the molecule is CC[SiH]([c-]1c(C)cc2c1CCCCC2c1ccc(O[Si](C)(C)C(C)(C)C)cc1)[c-]1c(C)cc2c1CCCCC2c1ccc(O[Si](C)(C)C(C)(C)C)cc1.CC[SiH]([c-]1c(C)cc2c1CCCCC2c1ccc(O[Si](C)(C)C(C)(C)C)cc1)[c-]1c(C)cc2c1CCCCC2c1ccc(O[Si](C)(C)C(C)(C)C)cc1.[Cl][Zr][Cl]. The summed E-state index contributed by atoms with van der Waals surface area (Å²) in [6.07, 6.45) is 20.3. The van der Waals surface area contributed by atoms with E-state index in [-0.39, 0.29) is 20.2 Å². The summed E-state index contributed by atoms with van der Waals surface area (Å²) in [7, 11) is -0.531. The van der Waals surface area contributed by atoms with Gasteiger partial charge in [-0.05, 0) is 162 Å². The van der Waals surface area contributed by atoms with E-state index in [0.717, 1.165) is 23.0 Å². The van der Waals surface area contributed by atoms with Crippen LogP contribution in [0.15, 0.2) is 121 Å². The van der Waals surface area contributed by atoms with Crippen LogP contribution in [0.25, 0.3) is 0 Å². The Kier molecular flexibility index (Phi) is 28.4. The van der Waals surface area contributed by atoms with Crippen LogP contribution in [0.3, 0.4) is 0 Å². The second-order valence-electron chi connectivity index (χ2n) is 39.6. The molecule has 0 radical (unpaired) electrons. The van der Waals surface area contributed by atoms with Crippen LogP contribution >= 0.6 is 17.0 Å². The number of hydrogen-bond donors (Lipinski definition) is 0. The Bertz CT molecular complexity index is 3760. The van der Waals surface area contributed by atoms with Gasteiger partial charge >= 0.3 is 37.9 Å². The second-order valence-corrected chi connectivity index (χ2v) is 68.4. The van der Waals surface area contributed by atoms with Gasteiger partial charge in [-0.2, -0.15) is 87.5 Å². The number of fused-ring (bicyclic) bond motifs is 4. The molecule has 8 aromatic carbocycles. The fourth-order valence-corrected chi connectivity index (χ4v) is 29.8. The maximum absolute atomic E-state index is 6.69. The van der Waals surface area contributed by atoms with Gasteiger partial charge in [0.25, 0.3) is 0 Å². The molecule has 4 unspecified atom stereocenters. The Hall–Kier alpha value is -3.76. The van der Waals surface area contributed by atoms with E-state index in [4.69, 9.17) is 34.7 Å². The van der Waals surface area contributed by atoms with Gasteiger partial charge in [0.05, 0.1) is 0 Å². The number of hydrogen-bond acceptors (Lipinski definition) is 4. The normalized spacial score (nSPS) is 18.8. The summed E-state index contributed by atoms with van der Waals surface area (Å²) >= 11 is -0.826. The van der Waals surface area contributed by atoms with Crippen molar-refractivity contribution in [2.75, 3.05) is 0 Å². The van der Waals surface area contributed by atoms with Gasteiger partial charge in [0.2, 0.25) is 33.3 Å². The van der Waals surface area contributed by atoms with Crippen LogP contribution in [0.5, 0.6) is 23.0 Å². The molecule has 0 N–H and O–H groups in total. The van der Waals surface area contributed by atoms with Gasteiger partial charge in [0.15, 0.2) is 0 Å². The molecule has 4 nitrogen and oxygen atoms in total. The van der Waals surface area contributed by atoms with Crippen molar-refractivity contribution in [2.24, 2.45) is 0 Å². The molecule has 13 heteroatoms. The van der Waals surface area contributed by atoms with Crippen LogP contribution in [-0.4, -0.2) is 50.9 Å². The van der Waals surface area contributed by atoms with Crippen LogP contribution in [-0.2, 0) is 46.5 Å². The van der Waals surface area contributed by atoms with Crippen LogP contribution in [0.4, 0.5) is 0 Å². The van der Waals surface area contributed by atoms with Crippen LogP contribution in [0.1, 0.15) is 287 Å². The maximum atomic E-state index is 6.69. The number of aryl methyl sites for hydroxylation is 4. The average Bonchev–Trinajstić information content (AvgIpc) is 1.60. The standard InChI is InChI=1S/2C48H70O2Si3.2ClH.Zr/c2*1-14-51(45-33(2)31-43-39(19-15-17-21-41(43)45)35-23-27-37(28-24-35)49-52(10,11)47(4,5)6)46-34(3)32-44-40(20-16-18-22-42(44)46)36-25-29-38(30-26-36)50-53(12,13)48(7,8)9;;;/h2*23-32,39-40,51H,14-22H2,1-13H3;2*1H;/q2*-2;;;+2/p-2. The van der Waals surface area contributed by atoms with E-state index >= 15 is 0 Å². The molecule has 0 saturated heterocycles. The summed E-state index contributed by atoms with van der Waals surface area (Å²) in [5, 5.41) is 7.92. The molecule has 0 fully saturated rings. The Balaban J connectivity index is 0.000000224. The predicted molar refractivity (Wildman–Crippen MR) is 487 cm³/mol. The minimum absolute atomic E-state index is 0.190. The van der Waals surface area contributed by atoms with E-state index in [1.165, 1.54) is 137 Å². The van der Waals surface area contributed by atoms with E-state index in [0.29, 0.717) is 23.7 Å². The van der Waals surface area contributed by atoms with E-state index in [9.17, 15) is 0 Å². The Labute approximate surface area is 690 Å². The third-order valence-electron chi connectivity index (χ3n) is 28.1. The van der Waals surface area contributed by atoms with Crippen molar-refractivity contribution in [3.63, 3.8) is 0 Å². The molecule has 8 aromatic rings. The molecule has 0 spiro atoms. The third-order valence-corrected chi connectivity index (χ3v) is 53.2. The summed E-state index contributed by atoms with van der Waals surface area (Å²) in [6, 6.07) is 50.2. The molecule has 4 aliphatic rings. The van der Waals surface area contributed by atoms with E-state index in [1.807, 2.05) is 0 Å². The van der Waals surface area contributed by atoms with Gasteiger partial charge in [0, 0.05) is 0 Å². The summed E-state index contributed by atoms with van der Waals surface area (Å²) in [6.45, 7) is 61.4. The number of rotatable bonds is 18. The first-order valence-electron chi connectivity index (χ1n) is 42.3. The fourth-order valence-electron chi connectivity index (χ4n) is 18.0. The van der Waals surface area contributed by atoms with E-state index in [1.54, 1.807) is 87.5 Å². The van der Waals surface area contributed by atoms with Crippen molar-refractivity contribution in [2.45, 2.75) is 336 Å². The molecule has 4 aliphatic carbocycles. The first kappa shape index (κ1) is 87.6. The van der Waals surface area contributed by atoms with Crippen molar-refractivity contribution < 1.29 is 38.6 Å². The summed E-state index contributed by atoms with van der Waals surface area (Å²) in [5.74, 6) is 6.03. The van der Waals surface area contributed by atoms with Gasteiger partial charge in [-0.3, -0.25) is 0 Å². The van der Waals surface area contributed by atoms with Gasteiger partial charge < -0.3 is 17.7 Å². The zero-order chi connectivity index (χ0) is 79.7. The van der Waals surface area contributed by atoms with Crippen molar-refractivity contribution in [1.29, 1.82) is 0 Å². The zero-order valence-corrected chi connectivity index (χ0v) is 82.9. The van der Waals surface area contributed by atoms with Crippen molar-refractivity contribution in [3.05, 3.63) is 210 Å². The fraction of sp³-hybridized carbons (Fsp3) is 0.542. The van der Waals surface area contributed by atoms with Crippen LogP contribution in [0, 0.1) is 27.7 Å². The van der Waals surface area contributed by atoms with Crippen LogP contribution in [0.2, 0.25) is 84.6 Å². The summed E-state index contributed by atoms with van der Waals surface area (Å²) in [4.78, 5) is 0. The number of halogens is 2. The third kappa shape index (κ3) is 19.5. The molecular formula is C96H140Cl2O4Si6Zr-4. The average molecular weight is 1690 g/mol. The molecule has 12 rings (SSSR count). The molecule has 0 saturated carbocycles. The monoisotopic (exact) mass is 1680 g/mol.